The highest BCUT2D eigenvalue weighted by atomic mass is 16.5. The summed E-state index contributed by atoms with van der Waals surface area (Å²) in [7, 11) is 0. The van der Waals surface area contributed by atoms with Gasteiger partial charge in [-0.3, -0.25) is 0 Å². The Bertz CT molecular complexity index is 803. The summed E-state index contributed by atoms with van der Waals surface area (Å²) in [5.41, 5.74) is 1.85. The molecule has 1 aromatic carbocycles. The molecule has 1 unspecified atom stereocenters. The summed E-state index contributed by atoms with van der Waals surface area (Å²) in [6.45, 7) is 10.8. The average Bonchev–Trinajstić information content (AvgIpc) is 2.64. The van der Waals surface area contributed by atoms with Gasteiger partial charge in [-0.15, -0.1) is 0 Å². The molecule has 4 nitrogen and oxygen atoms in total. The van der Waals surface area contributed by atoms with Gasteiger partial charge in [0.2, 0.25) is 0 Å². The van der Waals surface area contributed by atoms with E-state index in [2.05, 4.69) is 40.7 Å². The summed E-state index contributed by atoms with van der Waals surface area (Å²) >= 11 is 0. The average molecular weight is 401 g/mol. The Hall–Kier alpha value is -1.97. The van der Waals surface area contributed by atoms with Gasteiger partial charge >= 0.3 is 5.97 Å². The summed E-state index contributed by atoms with van der Waals surface area (Å²) in [6, 6.07) is 3.97. The molecule has 1 aliphatic heterocycles. The summed E-state index contributed by atoms with van der Waals surface area (Å²) < 4.78 is 6.41. The number of aliphatic carboxylic acids is 1. The van der Waals surface area contributed by atoms with Crippen molar-refractivity contribution in [2.75, 3.05) is 0 Å². The molecule has 29 heavy (non-hydrogen) atoms. The van der Waals surface area contributed by atoms with Crippen LogP contribution in [0.3, 0.4) is 0 Å². The van der Waals surface area contributed by atoms with Gasteiger partial charge in [-0.25, -0.2) is 4.79 Å². The van der Waals surface area contributed by atoms with Crippen molar-refractivity contribution in [1.29, 1.82) is 0 Å². The maximum Gasteiger partial charge on any atom is 0.331 e. The van der Waals surface area contributed by atoms with E-state index in [1.165, 1.54) is 25.7 Å². The fourth-order valence-corrected chi connectivity index (χ4v) is 5.10. The quantitative estimate of drug-likeness (QED) is 0.526. The van der Waals surface area contributed by atoms with Gasteiger partial charge in [0.15, 0.2) is 0 Å². The first-order valence-electron chi connectivity index (χ1n) is 11.1. The van der Waals surface area contributed by atoms with Crippen LogP contribution in [0.15, 0.2) is 23.8 Å². The number of hydrogen-bond acceptors (Lipinski definition) is 3. The third kappa shape index (κ3) is 4.31. The second kappa shape index (κ2) is 8.04. The second-order valence-corrected chi connectivity index (χ2v) is 9.99. The molecule has 0 bridgehead atoms. The molecule has 0 fully saturated rings. The molecule has 0 radical (unpaired) electrons. The van der Waals surface area contributed by atoms with Crippen molar-refractivity contribution in [3.8, 4) is 11.5 Å². The molecular weight excluding hydrogens is 364 g/mol. The number of ether oxygens (including phenoxy) is 1. The fraction of sp³-hybridized carbons (Fsp3) is 0.640. The van der Waals surface area contributed by atoms with Gasteiger partial charge in [-0.1, -0.05) is 52.5 Å². The van der Waals surface area contributed by atoms with Gasteiger partial charge in [-0.05, 0) is 56.2 Å². The standard InChI is InChI=1S/C25H36O4/c1-6-7-8-9-12-24(2,3)17-14-20(26)22-18-13-16(23(27)28)10-11-19(18)25(4,5)29-21(22)15-17/h10,14-15,18-19,26H,6-9,11-13H2,1-5H3,(H,27,28)/t18?,19-/m1/s1. The molecule has 3 rings (SSSR count). The predicted molar refractivity (Wildman–Crippen MR) is 116 cm³/mol. The third-order valence-corrected chi connectivity index (χ3v) is 7.01. The maximum atomic E-state index is 11.6. The molecule has 0 amide bonds. The van der Waals surface area contributed by atoms with Crippen molar-refractivity contribution in [3.05, 3.63) is 34.9 Å². The summed E-state index contributed by atoms with van der Waals surface area (Å²) in [4.78, 5) is 11.6. The van der Waals surface area contributed by atoms with Crippen molar-refractivity contribution >= 4 is 5.97 Å². The van der Waals surface area contributed by atoms with E-state index in [0.29, 0.717) is 18.4 Å². The Morgan fingerprint density at radius 1 is 1.24 bits per heavy atom. The normalized spacial score (nSPS) is 22.9. The first-order chi connectivity index (χ1) is 13.6. The number of carboxylic acid groups (broad SMARTS) is 1. The van der Waals surface area contributed by atoms with Crippen molar-refractivity contribution in [2.24, 2.45) is 5.92 Å². The molecule has 2 N–H and O–H groups in total. The summed E-state index contributed by atoms with van der Waals surface area (Å²) in [6.07, 6.45) is 8.85. The molecule has 0 aromatic heterocycles. The largest absolute Gasteiger partial charge is 0.508 e. The van der Waals surface area contributed by atoms with E-state index in [-0.39, 0.29) is 23.0 Å². The van der Waals surface area contributed by atoms with Crippen molar-refractivity contribution in [1.82, 2.24) is 0 Å². The molecule has 0 spiro atoms. The van der Waals surface area contributed by atoms with E-state index in [9.17, 15) is 15.0 Å². The van der Waals surface area contributed by atoms with E-state index < -0.39 is 11.6 Å². The van der Waals surface area contributed by atoms with E-state index in [1.54, 1.807) is 0 Å². The Morgan fingerprint density at radius 3 is 2.62 bits per heavy atom. The zero-order chi connectivity index (χ0) is 21.4. The predicted octanol–water partition coefficient (Wildman–Crippen LogP) is 6.32. The lowest BCUT2D eigenvalue weighted by molar-refractivity contribution is -0.133. The minimum absolute atomic E-state index is 0.0356. The zero-order valence-electron chi connectivity index (χ0n) is 18.5. The molecule has 1 aromatic rings. The molecular formula is C25H36O4. The number of unbranched alkanes of at least 4 members (excludes halogenated alkanes) is 3. The Labute approximate surface area is 175 Å². The molecule has 160 valence electrons. The molecule has 1 aliphatic carbocycles. The highest BCUT2D eigenvalue weighted by Gasteiger charge is 2.47. The van der Waals surface area contributed by atoms with E-state index >= 15 is 0 Å². The summed E-state index contributed by atoms with van der Waals surface area (Å²) in [5.74, 6) is 0.220. The van der Waals surface area contributed by atoms with Crippen LogP contribution >= 0.6 is 0 Å². The van der Waals surface area contributed by atoms with E-state index in [0.717, 1.165) is 23.3 Å². The minimum Gasteiger partial charge on any atom is -0.508 e. The van der Waals surface area contributed by atoms with Crippen LogP contribution in [-0.4, -0.2) is 21.8 Å². The highest BCUT2D eigenvalue weighted by Crippen LogP contribution is 2.55. The lowest BCUT2D eigenvalue weighted by Gasteiger charge is -2.47. The van der Waals surface area contributed by atoms with Crippen LogP contribution in [0.1, 0.15) is 96.6 Å². The third-order valence-electron chi connectivity index (χ3n) is 7.01. The van der Waals surface area contributed by atoms with Gasteiger partial charge in [0.1, 0.15) is 17.1 Å². The molecule has 2 aliphatic rings. The van der Waals surface area contributed by atoms with Gasteiger partial charge < -0.3 is 14.9 Å². The molecule has 2 atom stereocenters. The van der Waals surface area contributed by atoms with Gasteiger partial charge in [-0.2, -0.15) is 0 Å². The SMILES string of the molecule is CCCCCCC(C)(C)c1cc(O)c2c(c1)OC(C)(C)[C@@H]1CC=C(C(=O)O)CC21. The number of phenolic OH excluding ortho intramolecular Hbond substituents is 1. The van der Waals surface area contributed by atoms with Crippen LogP contribution < -0.4 is 4.74 Å². The van der Waals surface area contributed by atoms with Crippen molar-refractivity contribution in [2.45, 2.75) is 96.5 Å². The number of phenols is 1. The van der Waals surface area contributed by atoms with Crippen LogP contribution in [-0.2, 0) is 10.2 Å². The number of allylic oxidation sites excluding steroid dienone is 1. The monoisotopic (exact) mass is 400 g/mol. The Balaban J connectivity index is 1.95. The van der Waals surface area contributed by atoms with E-state index in [1.807, 2.05) is 12.1 Å². The van der Waals surface area contributed by atoms with Crippen LogP contribution in [0.5, 0.6) is 11.5 Å². The topological polar surface area (TPSA) is 66.8 Å². The number of hydrogen-bond donors (Lipinski definition) is 2. The fourth-order valence-electron chi connectivity index (χ4n) is 5.10. The Morgan fingerprint density at radius 2 is 1.97 bits per heavy atom. The van der Waals surface area contributed by atoms with Gasteiger partial charge in [0, 0.05) is 23.0 Å². The maximum absolute atomic E-state index is 11.6. The smallest absolute Gasteiger partial charge is 0.331 e. The lowest BCUT2D eigenvalue weighted by Crippen LogP contribution is -2.46. The number of carboxylic acids is 1. The molecule has 0 saturated heterocycles. The number of benzene rings is 1. The summed E-state index contributed by atoms with van der Waals surface area (Å²) in [5, 5.41) is 20.5. The van der Waals surface area contributed by atoms with Crippen LogP contribution in [0, 0.1) is 5.92 Å². The first kappa shape index (κ1) is 21.7. The number of rotatable bonds is 7. The molecule has 0 saturated carbocycles. The van der Waals surface area contributed by atoms with Gasteiger partial charge in [0.25, 0.3) is 0 Å². The first-order valence-corrected chi connectivity index (χ1v) is 11.1. The molecule has 4 heteroatoms. The second-order valence-electron chi connectivity index (χ2n) is 9.99. The van der Waals surface area contributed by atoms with Crippen LogP contribution in [0.25, 0.3) is 0 Å². The number of carbonyl (C=O) groups is 1. The van der Waals surface area contributed by atoms with Crippen LogP contribution in [0.2, 0.25) is 0 Å². The Kier molecular flexibility index (Phi) is 6.03. The molecule has 1 heterocycles. The van der Waals surface area contributed by atoms with E-state index in [4.69, 9.17) is 4.74 Å². The number of aromatic hydroxyl groups is 1. The van der Waals surface area contributed by atoms with Gasteiger partial charge in [0.05, 0.1) is 0 Å². The highest BCUT2D eigenvalue weighted by molar-refractivity contribution is 5.87. The lowest BCUT2D eigenvalue weighted by atomic mass is 9.66. The minimum atomic E-state index is -0.862. The zero-order valence-corrected chi connectivity index (χ0v) is 18.5. The number of fused-ring (bicyclic) bond motifs is 3. The van der Waals surface area contributed by atoms with Crippen molar-refractivity contribution in [3.63, 3.8) is 0 Å². The van der Waals surface area contributed by atoms with Crippen LogP contribution in [0.4, 0.5) is 0 Å². The van der Waals surface area contributed by atoms with Crippen molar-refractivity contribution < 1.29 is 19.7 Å².